The van der Waals surface area contributed by atoms with Crippen molar-refractivity contribution in [3.63, 3.8) is 0 Å². The Labute approximate surface area is 422 Å². The Morgan fingerprint density at radius 2 is 0.917 bits per heavy atom. The van der Waals surface area contributed by atoms with Crippen LogP contribution in [-0.4, -0.2) is 4.57 Å². The summed E-state index contributed by atoms with van der Waals surface area (Å²) < 4.78 is 5.16. The standard InChI is InChI=1S/C70H45NS/c1-4-19-44(20-5-1)47-35-38-63-60(41-47)61-42-48(45-21-6-2-7-22-45)36-39-64(61)71(63)69-56-31-16-14-29-54(56)68(55-30-15-17-32-57(55)69)59-34-18-33-58-62-43-49(37-40-65(62)72-70(58)59)67-52-27-12-10-25-50(52)66(46-23-8-3-9-24-46)51-26-11-13-28-53(51)67/h1-43,50,66H. The lowest BCUT2D eigenvalue weighted by Crippen LogP contribution is -2.22. The highest BCUT2D eigenvalue weighted by Crippen LogP contribution is 2.52. The fourth-order valence-corrected chi connectivity index (χ4v) is 13.7. The lowest BCUT2D eigenvalue weighted by Gasteiger charge is -2.36. The van der Waals surface area contributed by atoms with Crippen LogP contribution in [0.1, 0.15) is 28.2 Å². The first-order valence-electron chi connectivity index (χ1n) is 25.1. The molecule has 2 heteroatoms. The van der Waals surface area contributed by atoms with Gasteiger partial charge in [-0.05, 0) is 108 Å². The lowest BCUT2D eigenvalue weighted by atomic mass is 9.66. The Balaban J connectivity index is 0.944. The summed E-state index contributed by atoms with van der Waals surface area (Å²) in [5.74, 6) is 0.496. The molecule has 0 bridgehead atoms. The summed E-state index contributed by atoms with van der Waals surface area (Å²) in [6.07, 6.45) is 9.23. The molecule has 13 aromatic rings. The summed E-state index contributed by atoms with van der Waals surface area (Å²) in [7, 11) is 0. The van der Waals surface area contributed by atoms with Gasteiger partial charge in [-0.1, -0.05) is 224 Å². The highest BCUT2D eigenvalue weighted by Gasteiger charge is 2.35. The number of rotatable bonds is 6. The molecule has 15 rings (SSSR count). The van der Waals surface area contributed by atoms with Gasteiger partial charge in [0.25, 0.3) is 0 Å². The van der Waals surface area contributed by atoms with Crippen molar-refractivity contribution >= 4 is 80.4 Å². The van der Waals surface area contributed by atoms with Gasteiger partial charge >= 0.3 is 0 Å². The van der Waals surface area contributed by atoms with Crippen molar-refractivity contribution in [1.82, 2.24) is 4.57 Å². The molecule has 0 saturated heterocycles. The van der Waals surface area contributed by atoms with Crippen LogP contribution in [0.3, 0.4) is 0 Å². The number of fused-ring (bicyclic) bond motifs is 10. The third-order valence-corrected chi connectivity index (χ3v) is 16.8. The SMILES string of the molecule is C1=CC2=C(c3ccc4sc5c(-c6c7ccccc7c(-n7c8ccc(-c9ccccc9)cc8c8cc(-c9ccccc9)ccc87)c7ccccc67)cccc5c4c3)c3ccccc3C(c3ccccc3)C2C=C1. The van der Waals surface area contributed by atoms with Gasteiger partial charge in [-0.25, -0.2) is 0 Å². The fraction of sp³-hybridized carbons (Fsp3) is 0.0286. The van der Waals surface area contributed by atoms with Crippen LogP contribution in [-0.2, 0) is 0 Å². The van der Waals surface area contributed by atoms with E-state index in [1.165, 1.54) is 136 Å². The van der Waals surface area contributed by atoms with Gasteiger partial charge in [-0.2, -0.15) is 0 Å². The lowest BCUT2D eigenvalue weighted by molar-refractivity contribution is 0.649. The van der Waals surface area contributed by atoms with Crippen molar-refractivity contribution in [3.8, 4) is 39.1 Å². The minimum Gasteiger partial charge on any atom is -0.308 e. The normalized spacial score (nSPS) is 15.3. The van der Waals surface area contributed by atoms with Gasteiger partial charge in [0, 0.05) is 59.1 Å². The van der Waals surface area contributed by atoms with Crippen molar-refractivity contribution in [2.75, 3.05) is 0 Å². The molecule has 2 aliphatic carbocycles. The Morgan fingerprint density at radius 1 is 0.375 bits per heavy atom. The molecule has 0 saturated carbocycles. The van der Waals surface area contributed by atoms with Crippen molar-refractivity contribution in [2.24, 2.45) is 5.92 Å². The Hall–Kier alpha value is -8.82. The van der Waals surface area contributed by atoms with Crippen molar-refractivity contribution in [1.29, 1.82) is 0 Å². The molecule has 1 nitrogen and oxygen atoms in total. The monoisotopic (exact) mass is 931 g/mol. The summed E-state index contributed by atoms with van der Waals surface area (Å²) >= 11 is 1.92. The van der Waals surface area contributed by atoms with Crippen LogP contribution in [0.25, 0.3) is 108 Å². The highest BCUT2D eigenvalue weighted by molar-refractivity contribution is 7.26. The molecule has 336 valence electrons. The molecule has 0 aliphatic heterocycles. The summed E-state index contributed by atoms with van der Waals surface area (Å²) in [5.41, 5.74) is 19.1. The van der Waals surface area contributed by atoms with Gasteiger partial charge in [-0.15, -0.1) is 11.3 Å². The first kappa shape index (κ1) is 41.0. The van der Waals surface area contributed by atoms with E-state index in [2.05, 4.69) is 265 Å². The molecular weight excluding hydrogens is 887 g/mol. The fourth-order valence-electron chi connectivity index (χ4n) is 12.5. The summed E-state index contributed by atoms with van der Waals surface area (Å²) in [6.45, 7) is 0. The molecular formula is C70H45NS. The second-order valence-electron chi connectivity index (χ2n) is 19.4. The van der Waals surface area contributed by atoms with E-state index in [0.29, 0.717) is 0 Å². The zero-order valence-corrected chi connectivity index (χ0v) is 40.2. The van der Waals surface area contributed by atoms with Gasteiger partial charge < -0.3 is 4.57 Å². The van der Waals surface area contributed by atoms with Crippen LogP contribution >= 0.6 is 11.3 Å². The molecule has 72 heavy (non-hydrogen) atoms. The number of aromatic nitrogens is 1. The average Bonchev–Trinajstić information content (AvgIpc) is 3.99. The number of benzene rings is 11. The highest BCUT2D eigenvalue weighted by atomic mass is 32.1. The molecule has 2 aliphatic rings. The van der Waals surface area contributed by atoms with Gasteiger partial charge in [-0.3, -0.25) is 0 Å². The Morgan fingerprint density at radius 3 is 1.58 bits per heavy atom. The second kappa shape index (κ2) is 16.4. The Bertz CT molecular complexity index is 4280. The van der Waals surface area contributed by atoms with Crippen LogP contribution in [0, 0.1) is 5.92 Å². The molecule has 2 unspecified atom stereocenters. The third-order valence-electron chi connectivity index (χ3n) is 15.6. The van der Waals surface area contributed by atoms with Crippen LogP contribution in [0.15, 0.2) is 266 Å². The van der Waals surface area contributed by atoms with E-state index in [-0.39, 0.29) is 11.8 Å². The quantitative estimate of drug-likeness (QED) is 0.146. The minimum absolute atomic E-state index is 0.245. The van der Waals surface area contributed by atoms with Crippen LogP contribution in [0.4, 0.5) is 0 Å². The number of allylic oxidation sites excluding steroid dienone is 5. The molecule has 11 aromatic carbocycles. The topological polar surface area (TPSA) is 4.93 Å². The van der Waals surface area contributed by atoms with E-state index in [0.717, 1.165) is 0 Å². The molecule has 2 aromatic heterocycles. The zero-order valence-electron chi connectivity index (χ0n) is 39.3. The van der Waals surface area contributed by atoms with E-state index in [9.17, 15) is 0 Å². The first-order chi connectivity index (χ1) is 35.7. The largest absolute Gasteiger partial charge is 0.308 e. The van der Waals surface area contributed by atoms with Gasteiger partial charge in [0.15, 0.2) is 0 Å². The smallest absolute Gasteiger partial charge is 0.0619 e. The van der Waals surface area contributed by atoms with Gasteiger partial charge in [0.1, 0.15) is 0 Å². The molecule has 2 atom stereocenters. The first-order valence-corrected chi connectivity index (χ1v) is 25.9. The number of nitrogens with zero attached hydrogens (tertiary/aromatic N) is 1. The molecule has 0 amide bonds. The van der Waals surface area contributed by atoms with E-state index >= 15 is 0 Å². The predicted molar refractivity (Wildman–Crippen MR) is 308 cm³/mol. The van der Waals surface area contributed by atoms with Crippen molar-refractivity contribution < 1.29 is 0 Å². The maximum absolute atomic E-state index is 2.55. The second-order valence-corrected chi connectivity index (χ2v) is 20.5. The molecule has 0 fully saturated rings. The van der Waals surface area contributed by atoms with Crippen molar-refractivity contribution in [2.45, 2.75) is 5.92 Å². The van der Waals surface area contributed by atoms with E-state index in [1.807, 2.05) is 11.3 Å². The van der Waals surface area contributed by atoms with Crippen LogP contribution < -0.4 is 0 Å². The van der Waals surface area contributed by atoms with E-state index in [1.54, 1.807) is 0 Å². The average molecular weight is 932 g/mol. The maximum Gasteiger partial charge on any atom is 0.0619 e. The number of hydrogen-bond acceptors (Lipinski definition) is 1. The van der Waals surface area contributed by atoms with E-state index < -0.39 is 0 Å². The summed E-state index contributed by atoms with van der Waals surface area (Å²) in [4.78, 5) is 0. The predicted octanol–water partition coefficient (Wildman–Crippen LogP) is 19.1. The number of hydrogen-bond donors (Lipinski definition) is 0. The zero-order chi connectivity index (χ0) is 47.3. The van der Waals surface area contributed by atoms with Crippen LogP contribution in [0.2, 0.25) is 0 Å². The van der Waals surface area contributed by atoms with Crippen LogP contribution in [0.5, 0.6) is 0 Å². The van der Waals surface area contributed by atoms with Gasteiger partial charge in [0.2, 0.25) is 0 Å². The Kier molecular flexibility index (Phi) is 9.33. The third kappa shape index (κ3) is 6.26. The summed E-state index contributed by atoms with van der Waals surface area (Å²) in [6, 6.07) is 88.2. The van der Waals surface area contributed by atoms with Crippen molar-refractivity contribution in [3.05, 3.63) is 289 Å². The minimum atomic E-state index is 0.245. The molecule has 0 spiro atoms. The van der Waals surface area contributed by atoms with E-state index in [4.69, 9.17) is 0 Å². The maximum atomic E-state index is 2.55. The molecule has 2 heterocycles. The number of thiophene rings is 1. The summed E-state index contributed by atoms with van der Waals surface area (Å²) in [5, 5.41) is 10.0. The molecule has 0 radical (unpaired) electrons. The van der Waals surface area contributed by atoms with Gasteiger partial charge in [0.05, 0.1) is 16.7 Å². The molecule has 0 N–H and O–H groups in total.